The smallest absolute Gasteiger partial charge is 0.321 e. The summed E-state index contributed by atoms with van der Waals surface area (Å²) in [4.78, 5) is 46.9. The van der Waals surface area contributed by atoms with Crippen LogP contribution in [0.1, 0.15) is 30.5 Å². The molecule has 0 atom stereocenters. The molecule has 2 amide bonds. The van der Waals surface area contributed by atoms with E-state index in [2.05, 4.69) is 63.3 Å². The SMILES string of the molecule is CC(=O)NCCNc1ncnc(OCc2cccc(-c3cccc(COc4ncnc(NCCNC(C)=O)n4)c3C)c2)n1. The highest BCUT2D eigenvalue weighted by molar-refractivity contribution is 5.73. The number of rotatable bonds is 15. The first-order valence-corrected chi connectivity index (χ1v) is 13.7. The predicted octanol–water partition coefficient (Wildman–Crippen LogP) is 2.29. The Kier molecular flexibility index (Phi) is 11.1. The molecule has 2 aromatic heterocycles. The first-order chi connectivity index (χ1) is 20.9. The lowest BCUT2D eigenvalue weighted by Crippen LogP contribution is -2.26. The molecule has 0 spiro atoms. The summed E-state index contributed by atoms with van der Waals surface area (Å²) in [5.74, 6) is 0.536. The second kappa shape index (κ2) is 15.6. The molecule has 0 saturated heterocycles. The summed E-state index contributed by atoms with van der Waals surface area (Å²) in [6.45, 7) is 7.38. The van der Waals surface area contributed by atoms with Gasteiger partial charge in [0.2, 0.25) is 23.7 Å². The number of nitrogens with zero attached hydrogens (tertiary/aromatic N) is 6. The molecule has 4 aromatic rings. The van der Waals surface area contributed by atoms with E-state index in [1.165, 1.54) is 26.5 Å². The zero-order valence-corrected chi connectivity index (χ0v) is 24.3. The van der Waals surface area contributed by atoms with E-state index in [1.54, 1.807) is 0 Å². The van der Waals surface area contributed by atoms with E-state index >= 15 is 0 Å². The van der Waals surface area contributed by atoms with Crippen LogP contribution in [0.4, 0.5) is 11.9 Å². The number of carbonyl (C=O) groups is 2. The van der Waals surface area contributed by atoms with Gasteiger partial charge in [-0.3, -0.25) is 9.59 Å². The van der Waals surface area contributed by atoms with E-state index in [9.17, 15) is 9.59 Å². The zero-order chi connectivity index (χ0) is 30.4. The largest absolute Gasteiger partial charge is 0.458 e. The molecule has 224 valence electrons. The number of hydrogen-bond donors (Lipinski definition) is 4. The Morgan fingerprint density at radius 3 is 1.91 bits per heavy atom. The standard InChI is InChI=1S/C29H34N10O4/c1-19-24(16-43-29-37-18-35-27(39-29)33-13-11-31-21(3)41)8-5-9-25(19)23-7-4-6-22(14-23)15-42-28-36-17-34-26(38-28)32-12-10-30-20(2)40/h4-9,14,17-18H,10-13,15-16H2,1-3H3,(H,30,40)(H,31,41)(H,32,34,36,38)(H,33,35,37,39). The van der Waals surface area contributed by atoms with Crippen molar-refractivity contribution in [1.29, 1.82) is 0 Å². The molecule has 14 heteroatoms. The summed E-state index contributed by atoms with van der Waals surface area (Å²) in [6, 6.07) is 14.5. The number of ether oxygens (including phenoxy) is 2. The number of nitrogens with one attached hydrogen (secondary N) is 4. The Bertz CT molecular complexity index is 1530. The lowest BCUT2D eigenvalue weighted by Gasteiger charge is -2.13. The van der Waals surface area contributed by atoms with E-state index in [0.29, 0.717) is 38.1 Å². The molecule has 2 heterocycles. The quantitative estimate of drug-likeness (QED) is 0.150. The maximum absolute atomic E-state index is 11.0. The van der Waals surface area contributed by atoms with Gasteiger partial charge < -0.3 is 30.7 Å². The van der Waals surface area contributed by atoms with Crippen molar-refractivity contribution in [3.63, 3.8) is 0 Å². The van der Waals surface area contributed by atoms with Gasteiger partial charge in [0.25, 0.3) is 0 Å². The molecule has 4 N–H and O–H groups in total. The van der Waals surface area contributed by atoms with Crippen molar-refractivity contribution in [1.82, 2.24) is 40.5 Å². The van der Waals surface area contributed by atoms with Crippen molar-refractivity contribution >= 4 is 23.7 Å². The summed E-state index contributed by atoms with van der Waals surface area (Å²) in [7, 11) is 0. The summed E-state index contributed by atoms with van der Waals surface area (Å²) in [5, 5.41) is 11.5. The van der Waals surface area contributed by atoms with E-state index < -0.39 is 0 Å². The van der Waals surface area contributed by atoms with Crippen LogP contribution in [0.5, 0.6) is 12.0 Å². The second-order valence-electron chi connectivity index (χ2n) is 9.37. The molecular formula is C29H34N10O4. The zero-order valence-electron chi connectivity index (χ0n) is 24.3. The summed E-state index contributed by atoms with van der Waals surface area (Å²) < 4.78 is 11.7. The van der Waals surface area contributed by atoms with Gasteiger partial charge in [-0.2, -0.15) is 19.9 Å². The van der Waals surface area contributed by atoms with E-state index in [4.69, 9.17) is 9.47 Å². The lowest BCUT2D eigenvalue weighted by atomic mass is 9.95. The molecule has 4 rings (SSSR count). The number of carbonyl (C=O) groups excluding carboxylic acids is 2. The molecule has 0 unspecified atom stereocenters. The number of anilines is 2. The normalized spacial score (nSPS) is 10.5. The maximum Gasteiger partial charge on any atom is 0.321 e. The van der Waals surface area contributed by atoms with Gasteiger partial charge in [-0.25, -0.2) is 9.97 Å². The van der Waals surface area contributed by atoms with E-state index in [1.807, 2.05) is 37.3 Å². The summed E-state index contributed by atoms with van der Waals surface area (Å²) >= 11 is 0. The van der Waals surface area contributed by atoms with Gasteiger partial charge >= 0.3 is 12.0 Å². The Hall–Kier alpha value is -5.40. The predicted molar refractivity (Wildman–Crippen MR) is 159 cm³/mol. The average molecular weight is 587 g/mol. The Morgan fingerprint density at radius 2 is 1.30 bits per heavy atom. The van der Waals surface area contributed by atoms with Crippen LogP contribution in [0.3, 0.4) is 0 Å². The first kappa shape index (κ1) is 30.6. The molecule has 0 aliphatic rings. The molecule has 2 aromatic carbocycles. The third kappa shape index (κ3) is 9.88. The van der Waals surface area contributed by atoms with Crippen molar-refractivity contribution in [2.24, 2.45) is 0 Å². The first-order valence-electron chi connectivity index (χ1n) is 13.7. The molecule has 0 fully saturated rings. The number of amides is 2. The fourth-order valence-corrected chi connectivity index (χ4v) is 3.97. The van der Waals surface area contributed by atoms with Gasteiger partial charge in [-0.05, 0) is 40.8 Å². The highest BCUT2D eigenvalue weighted by Gasteiger charge is 2.10. The fourth-order valence-electron chi connectivity index (χ4n) is 3.97. The lowest BCUT2D eigenvalue weighted by molar-refractivity contribution is -0.119. The van der Waals surface area contributed by atoms with Crippen molar-refractivity contribution in [3.8, 4) is 23.1 Å². The van der Waals surface area contributed by atoms with Crippen LogP contribution < -0.4 is 30.7 Å². The van der Waals surface area contributed by atoms with Crippen LogP contribution in [0.25, 0.3) is 11.1 Å². The minimum absolute atomic E-state index is 0.0987. The van der Waals surface area contributed by atoms with Gasteiger partial charge in [0, 0.05) is 40.0 Å². The minimum Gasteiger partial charge on any atom is -0.458 e. The highest BCUT2D eigenvalue weighted by atomic mass is 16.5. The maximum atomic E-state index is 11.0. The fraction of sp³-hybridized carbons (Fsp3) is 0.310. The molecule has 14 nitrogen and oxygen atoms in total. The van der Waals surface area contributed by atoms with Gasteiger partial charge in [0.15, 0.2) is 0 Å². The van der Waals surface area contributed by atoms with Crippen molar-refractivity contribution < 1.29 is 19.1 Å². The molecular weight excluding hydrogens is 552 g/mol. The molecule has 43 heavy (non-hydrogen) atoms. The van der Waals surface area contributed by atoms with Crippen LogP contribution in [0.15, 0.2) is 55.1 Å². The van der Waals surface area contributed by atoms with E-state index in [0.717, 1.165) is 27.8 Å². The van der Waals surface area contributed by atoms with Crippen LogP contribution in [0, 0.1) is 6.92 Å². The monoisotopic (exact) mass is 586 g/mol. The highest BCUT2D eigenvalue weighted by Crippen LogP contribution is 2.27. The third-order valence-corrected chi connectivity index (χ3v) is 6.07. The van der Waals surface area contributed by atoms with Crippen LogP contribution >= 0.6 is 0 Å². The van der Waals surface area contributed by atoms with Gasteiger partial charge in [-0.15, -0.1) is 0 Å². The van der Waals surface area contributed by atoms with Crippen molar-refractivity contribution in [3.05, 3.63) is 71.8 Å². The Balaban J connectivity index is 1.35. The topological polar surface area (TPSA) is 178 Å². The molecule has 0 aliphatic heterocycles. The van der Waals surface area contributed by atoms with Crippen LogP contribution in [0.2, 0.25) is 0 Å². The van der Waals surface area contributed by atoms with E-state index in [-0.39, 0.29) is 37.0 Å². The Labute approximate surface area is 249 Å². The molecule has 0 aliphatic carbocycles. The van der Waals surface area contributed by atoms with Gasteiger partial charge in [-0.1, -0.05) is 36.4 Å². The average Bonchev–Trinajstić information content (AvgIpc) is 3.00. The van der Waals surface area contributed by atoms with Crippen molar-refractivity contribution in [2.45, 2.75) is 34.0 Å². The number of aromatic nitrogens is 6. The summed E-state index contributed by atoms with van der Waals surface area (Å²) in [6.07, 6.45) is 2.75. The number of hydrogen-bond acceptors (Lipinski definition) is 12. The molecule has 0 bridgehead atoms. The molecule has 0 saturated carbocycles. The third-order valence-electron chi connectivity index (χ3n) is 6.07. The number of benzene rings is 2. The summed E-state index contributed by atoms with van der Waals surface area (Å²) in [5.41, 5.74) is 5.09. The molecule has 0 radical (unpaired) electrons. The van der Waals surface area contributed by atoms with Crippen LogP contribution in [-0.4, -0.2) is 67.9 Å². The van der Waals surface area contributed by atoms with Gasteiger partial charge in [0.1, 0.15) is 25.9 Å². The van der Waals surface area contributed by atoms with Crippen LogP contribution in [-0.2, 0) is 22.8 Å². The Morgan fingerprint density at radius 1 is 0.721 bits per heavy atom. The van der Waals surface area contributed by atoms with Crippen molar-refractivity contribution in [2.75, 3.05) is 36.8 Å². The van der Waals surface area contributed by atoms with Gasteiger partial charge in [0.05, 0.1) is 0 Å². The second-order valence-corrected chi connectivity index (χ2v) is 9.37. The minimum atomic E-state index is -0.0988.